The first kappa shape index (κ1) is 26.0. The van der Waals surface area contributed by atoms with Crippen LogP contribution in [0.4, 0.5) is 4.39 Å². The molecule has 0 spiro atoms. The Hall–Kier alpha value is -3.06. The minimum absolute atomic E-state index is 0.128. The molecule has 0 radical (unpaired) electrons. The predicted molar refractivity (Wildman–Crippen MR) is 144 cm³/mol. The first-order valence-electron chi connectivity index (χ1n) is 12.7. The van der Waals surface area contributed by atoms with Crippen molar-refractivity contribution in [2.45, 2.75) is 32.6 Å². The molecule has 2 N–H and O–H groups in total. The highest BCUT2D eigenvalue weighted by molar-refractivity contribution is 5.94. The van der Waals surface area contributed by atoms with Crippen molar-refractivity contribution in [2.24, 2.45) is 0 Å². The normalized spacial score (nSPS) is 16.6. The Kier molecular flexibility index (Phi) is 8.19. The van der Waals surface area contributed by atoms with Crippen molar-refractivity contribution in [1.29, 1.82) is 0 Å². The molecule has 0 bridgehead atoms. The number of benzene rings is 3. The number of carbonyl (C=O) groups is 1. The number of hydrogen-bond donors (Lipinski definition) is 2. The summed E-state index contributed by atoms with van der Waals surface area (Å²) in [6, 6.07) is 21.4. The lowest BCUT2D eigenvalue weighted by Crippen LogP contribution is -2.48. The fourth-order valence-electron chi connectivity index (χ4n) is 4.80. The maximum Gasteiger partial charge on any atom is 0.251 e. The summed E-state index contributed by atoms with van der Waals surface area (Å²) in [4.78, 5) is 15.2. The minimum Gasteiger partial charge on any atom is -0.348 e. The van der Waals surface area contributed by atoms with E-state index in [1.165, 1.54) is 11.6 Å². The van der Waals surface area contributed by atoms with Gasteiger partial charge in [-0.1, -0.05) is 36.4 Å². The molecule has 4 rings (SSSR count). The minimum atomic E-state index is -0.258. The molecule has 0 aliphatic carbocycles. The maximum absolute atomic E-state index is 14.8. The number of hydrogen-bond acceptors (Lipinski definition) is 3. The van der Waals surface area contributed by atoms with Crippen molar-refractivity contribution in [1.82, 2.24) is 15.5 Å². The SMILES string of the molecule is C[C@H]1CN(Cc2cccc(-c3cc(CNC(=O)c4cccc(C[N+](C)(C)C)c4)ccc3F)c2)CCN1. The second-order valence-corrected chi connectivity index (χ2v) is 10.9. The molecule has 1 aliphatic rings. The number of nitrogens with zero attached hydrogens (tertiary/aromatic N) is 2. The van der Waals surface area contributed by atoms with E-state index in [2.05, 4.69) is 55.7 Å². The van der Waals surface area contributed by atoms with Gasteiger partial charge in [0, 0.05) is 55.5 Å². The highest BCUT2D eigenvalue weighted by Crippen LogP contribution is 2.26. The fraction of sp³-hybridized carbons (Fsp3) is 0.367. The lowest BCUT2D eigenvalue weighted by atomic mass is 10.00. The molecule has 0 saturated carbocycles. The van der Waals surface area contributed by atoms with Crippen molar-refractivity contribution in [3.63, 3.8) is 0 Å². The van der Waals surface area contributed by atoms with Gasteiger partial charge in [0.1, 0.15) is 12.4 Å². The molecule has 3 aromatic rings. The monoisotopic (exact) mass is 489 g/mol. The Balaban J connectivity index is 1.44. The number of quaternary nitrogens is 1. The molecule has 6 heteroatoms. The Morgan fingerprint density at radius 2 is 1.81 bits per heavy atom. The molecule has 3 aromatic carbocycles. The van der Waals surface area contributed by atoms with Crippen molar-refractivity contribution < 1.29 is 13.7 Å². The van der Waals surface area contributed by atoms with E-state index >= 15 is 0 Å². The first-order chi connectivity index (χ1) is 17.2. The van der Waals surface area contributed by atoms with Crippen LogP contribution in [0.15, 0.2) is 66.7 Å². The molecule has 1 saturated heterocycles. The topological polar surface area (TPSA) is 44.4 Å². The van der Waals surface area contributed by atoms with E-state index in [-0.39, 0.29) is 11.7 Å². The van der Waals surface area contributed by atoms with E-state index in [4.69, 9.17) is 0 Å². The predicted octanol–water partition coefficient (Wildman–Crippen LogP) is 4.42. The summed E-state index contributed by atoms with van der Waals surface area (Å²) in [6.45, 7) is 7.24. The van der Waals surface area contributed by atoms with Gasteiger partial charge >= 0.3 is 0 Å². The van der Waals surface area contributed by atoms with Crippen LogP contribution in [0.5, 0.6) is 0 Å². The number of piperazine rings is 1. The second kappa shape index (κ2) is 11.3. The third-order valence-corrected chi connectivity index (χ3v) is 6.43. The number of nitrogens with one attached hydrogen (secondary N) is 2. The molecular weight excluding hydrogens is 451 g/mol. The smallest absolute Gasteiger partial charge is 0.251 e. The molecule has 1 atom stereocenters. The van der Waals surface area contributed by atoms with Gasteiger partial charge in [-0.15, -0.1) is 0 Å². The molecule has 1 heterocycles. The lowest BCUT2D eigenvalue weighted by Gasteiger charge is -2.31. The zero-order chi connectivity index (χ0) is 25.7. The van der Waals surface area contributed by atoms with Crippen molar-refractivity contribution in [3.05, 3.63) is 94.8 Å². The average Bonchev–Trinajstić information content (AvgIpc) is 2.82. The highest BCUT2D eigenvalue weighted by Gasteiger charge is 2.16. The lowest BCUT2D eigenvalue weighted by molar-refractivity contribution is -0.884. The van der Waals surface area contributed by atoms with Crippen LogP contribution in [0.3, 0.4) is 0 Å². The largest absolute Gasteiger partial charge is 0.348 e. The molecule has 1 amide bonds. The standard InChI is InChI=1S/C30H37FN4O/c1-22-19-34(14-13-32-22)20-24-7-5-9-26(15-24)28-17-23(11-12-29(28)31)18-33-30(36)27-10-6-8-25(16-27)21-35(2,3)4/h5-12,15-17,22,32H,13-14,18-21H2,1-4H3/p+1/t22-/m0/s1. The van der Waals surface area contributed by atoms with Gasteiger partial charge in [-0.25, -0.2) is 4.39 Å². The quantitative estimate of drug-likeness (QED) is 0.461. The summed E-state index contributed by atoms with van der Waals surface area (Å²) in [5.41, 5.74) is 5.21. The molecule has 0 unspecified atom stereocenters. The molecule has 36 heavy (non-hydrogen) atoms. The number of rotatable bonds is 8. The van der Waals surface area contributed by atoms with Crippen LogP contribution in [0.25, 0.3) is 11.1 Å². The van der Waals surface area contributed by atoms with E-state index in [0.717, 1.165) is 53.9 Å². The van der Waals surface area contributed by atoms with Gasteiger partial charge in [0.15, 0.2) is 0 Å². The number of halogens is 1. The van der Waals surface area contributed by atoms with Crippen LogP contribution in [-0.2, 0) is 19.6 Å². The third kappa shape index (κ3) is 7.23. The van der Waals surface area contributed by atoms with Crippen molar-refractivity contribution >= 4 is 5.91 Å². The van der Waals surface area contributed by atoms with Crippen LogP contribution >= 0.6 is 0 Å². The van der Waals surface area contributed by atoms with Gasteiger partial charge in [-0.2, -0.15) is 0 Å². The van der Waals surface area contributed by atoms with Crippen LogP contribution in [0.1, 0.15) is 34.0 Å². The fourth-order valence-corrected chi connectivity index (χ4v) is 4.80. The summed E-state index contributed by atoms with van der Waals surface area (Å²) >= 11 is 0. The average molecular weight is 490 g/mol. The van der Waals surface area contributed by atoms with E-state index in [0.29, 0.717) is 23.7 Å². The third-order valence-electron chi connectivity index (χ3n) is 6.43. The van der Waals surface area contributed by atoms with Gasteiger partial charge in [0.05, 0.1) is 21.1 Å². The van der Waals surface area contributed by atoms with Crippen molar-refractivity contribution in [3.8, 4) is 11.1 Å². The maximum atomic E-state index is 14.8. The van der Waals surface area contributed by atoms with Gasteiger partial charge in [-0.05, 0) is 53.9 Å². The zero-order valence-corrected chi connectivity index (χ0v) is 21.9. The van der Waals surface area contributed by atoms with E-state index < -0.39 is 0 Å². The van der Waals surface area contributed by atoms with Crippen molar-refractivity contribution in [2.75, 3.05) is 40.8 Å². The summed E-state index contributed by atoms with van der Waals surface area (Å²) in [7, 11) is 6.38. The Morgan fingerprint density at radius 1 is 1.03 bits per heavy atom. The molecule has 0 aromatic heterocycles. The van der Waals surface area contributed by atoms with Crippen LogP contribution in [0, 0.1) is 5.82 Å². The molecule has 1 aliphatic heterocycles. The van der Waals surface area contributed by atoms with Crippen LogP contribution in [-0.4, -0.2) is 62.1 Å². The molecule has 5 nitrogen and oxygen atoms in total. The number of carbonyl (C=O) groups excluding carboxylic acids is 1. The molecule has 1 fully saturated rings. The Bertz CT molecular complexity index is 1200. The highest BCUT2D eigenvalue weighted by atomic mass is 19.1. The van der Waals surface area contributed by atoms with Crippen LogP contribution in [0.2, 0.25) is 0 Å². The Morgan fingerprint density at radius 3 is 2.58 bits per heavy atom. The van der Waals surface area contributed by atoms with E-state index in [1.54, 1.807) is 6.07 Å². The first-order valence-corrected chi connectivity index (χ1v) is 12.7. The van der Waals surface area contributed by atoms with Gasteiger partial charge < -0.3 is 15.1 Å². The summed E-state index contributed by atoms with van der Waals surface area (Å²) < 4.78 is 15.6. The summed E-state index contributed by atoms with van der Waals surface area (Å²) in [5.74, 6) is -0.387. The number of amides is 1. The Labute approximate surface area is 214 Å². The van der Waals surface area contributed by atoms with E-state index in [1.807, 2.05) is 42.5 Å². The van der Waals surface area contributed by atoms with Gasteiger partial charge in [0.25, 0.3) is 5.91 Å². The molecule has 190 valence electrons. The van der Waals surface area contributed by atoms with E-state index in [9.17, 15) is 9.18 Å². The van der Waals surface area contributed by atoms with Gasteiger partial charge in [-0.3, -0.25) is 9.69 Å². The van der Waals surface area contributed by atoms with Gasteiger partial charge in [0.2, 0.25) is 0 Å². The molecular formula is C30H38FN4O+. The summed E-state index contributed by atoms with van der Waals surface area (Å²) in [6.07, 6.45) is 0. The summed E-state index contributed by atoms with van der Waals surface area (Å²) in [5, 5.41) is 6.46. The second-order valence-electron chi connectivity index (χ2n) is 10.9. The zero-order valence-electron chi connectivity index (χ0n) is 21.9. The van der Waals surface area contributed by atoms with Crippen LogP contribution < -0.4 is 10.6 Å².